The Kier molecular flexibility index (Phi) is 5.37. The van der Waals surface area contributed by atoms with Crippen molar-refractivity contribution in [2.24, 2.45) is 11.8 Å². The summed E-state index contributed by atoms with van der Waals surface area (Å²) in [7, 11) is 0. The van der Waals surface area contributed by atoms with Gasteiger partial charge in [0.05, 0.1) is 0 Å². The minimum atomic E-state index is 0. The number of halogens is 1. The SMILES string of the molecule is Cl.c1ccc(-c2ccc(CN3CCC4CNCC4C3)cc2)cc1. The first kappa shape index (κ1) is 16.5. The van der Waals surface area contributed by atoms with Gasteiger partial charge in [0.1, 0.15) is 0 Å². The van der Waals surface area contributed by atoms with Crippen LogP contribution in [0.2, 0.25) is 0 Å². The highest BCUT2D eigenvalue weighted by Crippen LogP contribution is 2.27. The topological polar surface area (TPSA) is 15.3 Å². The highest BCUT2D eigenvalue weighted by molar-refractivity contribution is 5.85. The molecule has 2 unspecified atom stereocenters. The Hall–Kier alpha value is -1.35. The van der Waals surface area contributed by atoms with E-state index in [1.807, 2.05) is 0 Å². The Morgan fingerprint density at radius 2 is 1.57 bits per heavy atom. The molecule has 2 heterocycles. The number of rotatable bonds is 3. The standard InChI is InChI=1S/C20H24N2.ClH/c1-2-4-17(5-3-1)18-8-6-16(7-9-18)14-22-11-10-19-12-21-13-20(19)15-22;/h1-9,19-21H,10-15H2;1H. The number of piperidine rings is 1. The summed E-state index contributed by atoms with van der Waals surface area (Å²) in [6, 6.07) is 19.7. The fourth-order valence-corrected chi connectivity index (χ4v) is 3.95. The summed E-state index contributed by atoms with van der Waals surface area (Å²) in [4.78, 5) is 2.63. The van der Waals surface area contributed by atoms with Gasteiger partial charge in [-0.15, -0.1) is 12.4 Å². The zero-order valence-electron chi connectivity index (χ0n) is 13.4. The van der Waals surface area contributed by atoms with Crippen LogP contribution in [-0.2, 0) is 6.54 Å². The summed E-state index contributed by atoms with van der Waals surface area (Å²) in [6.45, 7) is 6.07. The molecule has 0 spiro atoms. The smallest absolute Gasteiger partial charge is 0.0233 e. The van der Waals surface area contributed by atoms with Crippen molar-refractivity contribution in [3.8, 4) is 11.1 Å². The maximum atomic E-state index is 3.55. The van der Waals surface area contributed by atoms with Crippen molar-refractivity contribution in [1.29, 1.82) is 0 Å². The van der Waals surface area contributed by atoms with E-state index < -0.39 is 0 Å². The van der Waals surface area contributed by atoms with Crippen LogP contribution in [0.15, 0.2) is 54.6 Å². The maximum absolute atomic E-state index is 3.55. The Balaban J connectivity index is 0.00000156. The molecule has 2 fully saturated rings. The molecule has 0 aliphatic carbocycles. The minimum absolute atomic E-state index is 0. The quantitative estimate of drug-likeness (QED) is 0.921. The van der Waals surface area contributed by atoms with Gasteiger partial charge in [0, 0.05) is 13.1 Å². The van der Waals surface area contributed by atoms with Crippen molar-refractivity contribution in [2.75, 3.05) is 26.2 Å². The monoisotopic (exact) mass is 328 g/mol. The maximum Gasteiger partial charge on any atom is 0.0233 e. The molecule has 2 aromatic rings. The third-order valence-corrected chi connectivity index (χ3v) is 5.26. The average Bonchev–Trinajstić information content (AvgIpc) is 3.04. The van der Waals surface area contributed by atoms with Crippen molar-refractivity contribution in [3.05, 3.63) is 60.2 Å². The van der Waals surface area contributed by atoms with Crippen molar-refractivity contribution < 1.29 is 0 Å². The summed E-state index contributed by atoms with van der Waals surface area (Å²) >= 11 is 0. The lowest BCUT2D eigenvalue weighted by atomic mass is 9.88. The van der Waals surface area contributed by atoms with Gasteiger partial charge in [0.25, 0.3) is 0 Å². The number of hydrogen-bond donors (Lipinski definition) is 1. The summed E-state index contributed by atoms with van der Waals surface area (Å²) in [6.07, 6.45) is 1.36. The van der Waals surface area contributed by atoms with Crippen molar-refractivity contribution >= 4 is 12.4 Å². The van der Waals surface area contributed by atoms with E-state index in [0.29, 0.717) is 0 Å². The third-order valence-electron chi connectivity index (χ3n) is 5.26. The molecule has 2 saturated heterocycles. The molecule has 23 heavy (non-hydrogen) atoms. The lowest BCUT2D eigenvalue weighted by Crippen LogP contribution is -2.39. The summed E-state index contributed by atoms with van der Waals surface area (Å²) in [5.74, 6) is 1.80. The van der Waals surface area contributed by atoms with Crippen LogP contribution in [0.4, 0.5) is 0 Å². The van der Waals surface area contributed by atoms with Gasteiger partial charge in [-0.1, -0.05) is 54.6 Å². The number of fused-ring (bicyclic) bond motifs is 1. The van der Waals surface area contributed by atoms with Crippen LogP contribution < -0.4 is 5.32 Å². The Bertz CT molecular complexity index is 611. The first-order valence-corrected chi connectivity index (χ1v) is 8.46. The van der Waals surface area contributed by atoms with Gasteiger partial charge in [-0.3, -0.25) is 4.90 Å². The van der Waals surface area contributed by atoms with Crippen LogP contribution in [0.25, 0.3) is 11.1 Å². The predicted molar refractivity (Wildman–Crippen MR) is 98.9 cm³/mol. The molecule has 3 heteroatoms. The number of benzene rings is 2. The minimum Gasteiger partial charge on any atom is -0.316 e. The molecular formula is C20H25ClN2. The van der Waals surface area contributed by atoms with E-state index in [-0.39, 0.29) is 12.4 Å². The molecular weight excluding hydrogens is 304 g/mol. The lowest BCUT2D eigenvalue weighted by Gasteiger charge is -2.34. The van der Waals surface area contributed by atoms with Crippen LogP contribution in [0.1, 0.15) is 12.0 Å². The first-order valence-electron chi connectivity index (χ1n) is 8.46. The van der Waals surface area contributed by atoms with Gasteiger partial charge in [-0.2, -0.15) is 0 Å². The van der Waals surface area contributed by atoms with E-state index in [9.17, 15) is 0 Å². The molecule has 2 aliphatic heterocycles. The van der Waals surface area contributed by atoms with E-state index in [1.54, 1.807) is 0 Å². The predicted octanol–water partition coefficient (Wildman–Crippen LogP) is 3.82. The molecule has 0 bridgehead atoms. The highest BCUT2D eigenvalue weighted by Gasteiger charge is 2.32. The summed E-state index contributed by atoms with van der Waals surface area (Å²) in [5, 5.41) is 3.55. The fraction of sp³-hybridized carbons (Fsp3) is 0.400. The molecule has 2 atom stereocenters. The second-order valence-electron chi connectivity index (χ2n) is 6.77. The molecule has 4 rings (SSSR count). The van der Waals surface area contributed by atoms with Crippen molar-refractivity contribution in [3.63, 3.8) is 0 Å². The largest absolute Gasteiger partial charge is 0.316 e. The number of likely N-dealkylation sites (tertiary alicyclic amines) is 1. The molecule has 0 saturated carbocycles. The molecule has 122 valence electrons. The number of nitrogens with zero attached hydrogens (tertiary/aromatic N) is 1. The van der Waals surface area contributed by atoms with E-state index in [1.165, 1.54) is 49.3 Å². The van der Waals surface area contributed by atoms with Gasteiger partial charge in [-0.05, 0) is 54.6 Å². The molecule has 0 amide bonds. The highest BCUT2D eigenvalue weighted by atomic mass is 35.5. The van der Waals surface area contributed by atoms with Crippen molar-refractivity contribution in [2.45, 2.75) is 13.0 Å². The Labute approximate surface area is 145 Å². The molecule has 2 aromatic carbocycles. The van der Waals surface area contributed by atoms with Crippen LogP contribution in [0.5, 0.6) is 0 Å². The second-order valence-corrected chi connectivity index (χ2v) is 6.77. The molecule has 0 radical (unpaired) electrons. The van der Waals surface area contributed by atoms with Gasteiger partial charge < -0.3 is 5.32 Å². The summed E-state index contributed by atoms with van der Waals surface area (Å²) in [5.41, 5.74) is 4.04. The lowest BCUT2D eigenvalue weighted by molar-refractivity contribution is 0.142. The van der Waals surface area contributed by atoms with Crippen LogP contribution in [-0.4, -0.2) is 31.1 Å². The van der Waals surface area contributed by atoms with Gasteiger partial charge in [0.2, 0.25) is 0 Å². The van der Waals surface area contributed by atoms with Gasteiger partial charge in [0.15, 0.2) is 0 Å². The zero-order valence-corrected chi connectivity index (χ0v) is 14.3. The number of hydrogen-bond acceptors (Lipinski definition) is 2. The van der Waals surface area contributed by atoms with Crippen molar-refractivity contribution in [1.82, 2.24) is 10.2 Å². The Morgan fingerprint density at radius 3 is 2.35 bits per heavy atom. The van der Waals surface area contributed by atoms with Crippen LogP contribution >= 0.6 is 12.4 Å². The normalized spacial score (nSPS) is 24.0. The first-order chi connectivity index (χ1) is 10.9. The third kappa shape index (κ3) is 3.77. The van der Waals surface area contributed by atoms with Crippen LogP contribution in [0.3, 0.4) is 0 Å². The molecule has 2 aliphatic rings. The number of nitrogens with one attached hydrogen (secondary N) is 1. The summed E-state index contributed by atoms with van der Waals surface area (Å²) < 4.78 is 0. The van der Waals surface area contributed by atoms with Gasteiger partial charge in [-0.25, -0.2) is 0 Å². The second kappa shape index (κ2) is 7.48. The van der Waals surface area contributed by atoms with E-state index in [4.69, 9.17) is 0 Å². The molecule has 1 N–H and O–H groups in total. The van der Waals surface area contributed by atoms with Crippen LogP contribution in [0, 0.1) is 11.8 Å². The van der Waals surface area contributed by atoms with E-state index >= 15 is 0 Å². The fourth-order valence-electron chi connectivity index (χ4n) is 3.95. The zero-order chi connectivity index (χ0) is 14.8. The van der Waals surface area contributed by atoms with Gasteiger partial charge >= 0.3 is 0 Å². The van der Waals surface area contributed by atoms with E-state index in [0.717, 1.165) is 18.4 Å². The average molecular weight is 329 g/mol. The Morgan fingerprint density at radius 1 is 0.870 bits per heavy atom. The molecule has 2 nitrogen and oxygen atoms in total. The molecule has 0 aromatic heterocycles. The van der Waals surface area contributed by atoms with E-state index in [2.05, 4.69) is 64.8 Å².